The highest BCUT2D eigenvalue weighted by Gasteiger charge is 2.30. The number of nitrogens with zero attached hydrogens (tertiary/aromatic N) is 2. The number of carboxylic acid groups (broad SMARTS) is 1. The molecule has 18 heavy (non-hydrogen) atoms. The number of amides is 1. The van der Waals surface area contributed by atoms with Gasteiger partial charge in [-0.25, -0.2) is 0 Å². The average Bonchev–Trinajstić information content (AvgIpc) is 2.75. The topological polar surface area (TPSA) is 105 Å². The van der Waals surface area contributed by atoms with E-state index in [-0.39, 0.29) is 23.8 Å². The summed E-state index contributed by atoms with van der Waals surface area (Å²) in [5.41, 5.74) is 0. The molecular formula is C11H15N3O4. The predicted octanol–water partition coefficient (Wildman–Crippen LogP) is 1.21. The molecule has 7 heteroatoms. The third-order valence-electron chi connectivity index (χ3n) is 3.20. The third kappa shape index (κ3) is 2.85. The Morgan fingerprint density at radius 2 is 1.89 bits per heavy atom. The normalized spacial score (nSPS) is 23.6. The maximum Gasteiger partial charge on any atom is 0.328 e. The number of carboxylic acids is 1. The van der Waals surface area contributed by atoms with Crippen molar-refractivity contribution >= 4 is 17.9 Å². The van der Waals surface area contributed by atoms with Crippen LogP contribution < -0.4 is 5.32 Å². The fraction of sp³-hybridized carbons (Fsp3) is 0.636. The average molecular weight is 253 g/mol. The lowest BCUT2D eigenvalue weighted by atomic mass is 9.81. The van der Waals surface area contributed by atoms with Crippen molar-refractivity contribution in [3.63, 3.8) is 0 Å². The molecule has 7 nitrogen and oxygen atoms in total. The van der Waals surface area contributed by atoms with Crippen LogP contribution in [0, 0.1) is 18.8 Å². The van der Waals surface area contributed by atoms with Gasteiger partial charge in [0, 0.05) is 5.92 Å². The monoisotopic (exact) mass is 253 g/mol. The first-order valence-electron chi connectivity index (χ1n) is 5.90. The molecule has 1 amide bonds. The number of hydrogen-bond acceptors (Lipinski definition) is 5. The van der Waals surface area contributed by atoms with E-state index in [9.17, 15) is 9.59 Å². The van der Waals surface area contributed by atoms with Gasteiger partial charge in [-0.1, -0.05) is 5.16 Å². The zero-order valence-electron chi connectivity index (χ0n) is 10.0. The first-order chi connectivity index (χ1) is 8.56. The standard InChI is InChI=1S/C11H15N3O4/c1-6-12-11(18-14-6)13-9(15)7-2-4-8(5-3-7)10(16)17/h7-8H,2-5H2,1H3,(H,16,17)(H,12,13,14,15). The number of aromatic nitrogens is 2. The second-order valence-corrected chi connectivity index (χ2v) is 4.52. The van der Waals surface area contributed by atoms with E-state index < -0.39 is 5.97 Å². The summed E-state index contributed by atoms with van der Waals surface area (Å²) >= 11 is 0. The third-order valence-corrected chi connectivity index (χ3v) is 3.20. The number of carbonyl (C=O) groups excluding carboxylic acids is 1. The van der Waals surface area contributed by atoms with Gasteiger partial charge in [0.05, 0.1) is 5.92 Å². The lowest BCUT2D eigenvalue weighted by Gasteiger charge is -2.24. The molecule has 1 saturated carbocycles. The number of aryl methyl sites for hydroxylation is 1. The molecule has 98 valence electrons. The van der Waals surface area contributed by atoms with E-state index in [1.165, 1.54) is 0 Å². The van der Waals surface area contributed by atoms with E-state index in [2.05, 4.69) is 15.5 Å². The molecule has 0 aliphatic heterocycles. The minimum atomic E-state index is -0.776. The summed E-state index contributed by atoms with van der Waals surface area (Å²) < 4.78 is 4.80. The number of anilines is 1. The highest BCUT2D eigenvalue weighted by molar-refractivity contribution is 5.90. The predicted molar refractivity (Wildman–Crippen MR) is 60.7 cm³/mol. The maximum atomic E-state index is 11.9. The minimum Gasteiger partial charge on any atom is -0.481 e. The minimum absolute atomic E-state index is 0.0952. The highest BCUT2D eigenvalue weighted by Crippen LogP contribution is 2.29. The summed E-state index contributed by atoms with van der Waals surface area (Å²) in [6, 6.07) is 0.0952. The highest BCUT2D eigenvalue weighted by atomic mass is 16.5. The van der Waals surface area contributed by atoms with Crippen LogP contribution in [0.4, 0.5) is 6.01 Å². The van der Waals surface area contributed by atoms with Gasteiger partial charge in [0.2, 0.25) is 5.91 Å². The Bertz CT molecular complexity index is 449. The van der Waals surface area contributed by atoms with E-state index in [1.807, 2.05) is 0 Å². The quantitative estimate of drug-likeness (QED) is 0.838. The van der Waals surface area contributed by atoms with Crippen molar-refractivity contribution in [1.29, 1.82) is 0 Å². The number of aliphatic carboxylic acids is 1. The van der Waals surface area contributed by atoms with Gasteiger partial charge in [0.15, 0.2) is 5.82 Å². The van der Waals surface area contributed by atoms with Crippen molar-refractivity contribution < 1.29 is 19.2 Å². The van der Waals surface area contributed by atoms with Crippen molar-refractivity contribution in [2.45, 2.75) is 32.6 Å². The van der Waals surface area contributed by atoms with Crippen LogP contribution in [0.25, 0.3) is 0 Å². The van der Waals surface area contributed by atoms with Gasteiger partial charge in [-0.15, -0.1) is 0 Å². The fourth-order valence-corrected chi connectivity index (χ4v) is 2.16. The summed E-state index contributed by atoms with van der Waals surface area (Å²) in [4.78, 5) is 26.5. The molecule has 2 N–H and O–H groups in total. The molecule has 1 aliphatic rings. The summed E-state index contributed by atoms with van der Waals surface area (Å²) in [6.07, 6.45) is 2.23. The van der Waals surface area contributed by atoms with Gasteiger partial charge in [-0.2, -0.15) is 4.98 Å². The van der Waals surface area contributed by atoms with E-state index in [0.717, 1.165) is 0 Å². The van der Waals surface area contributed by atoms with Crippen LogP contribution in [0.15, 0.2) is 4.52 Å². The van der Waals surface area contributed by atoms with Crippen LogP contribution in [-0.4, -0.2) is 27.1 Å². The Balaban J connectivity index is 1.86. The van der Waals surface area contributed by atoms with Gasteiger partial charge in [0.1, 0.15) is 0 Å². The molecule has 1 fully saturated rings. The number of rotatable bonds is 3. The zero-order valence-corrected chi connectivity index (χ0v) is 10.0. The van der Waals surface area contributed by atoms with E-state index in [1.54, 1.807) is 6.92 Å². The zero-order chi connectivity index (χ0) is 13.1. The first kappa shape index (κ1) is 12.5. The SMILES string of the molecule is Cc1noc(NC(=O)C2CCC(C(=O)O)CC2)n1. The van der Waals surface area contributed by atoms with Gasteiger partial charge in [-0.05, 0) is 32.6 Å². The van der Waals surface area contributed by atoms with Crippen molar-refractivity contribution in [1.82, 2.24) is 10.1 Å². The molecule has 0 bridgehead atoms. The Labute approximate surface area is 104 Å². The molecule has 2 rings (SSSR count). The molecule has 1 aromatic rings. The Hall–Kier alpha value is -1.92. The molecule has 1 aliphatic carbocycles. The smallest absolute Gasteiger partial charge is 0.328 e. The van der Waals surface area contributed by atoms with E-state index >= 15 is 0 Å². The van der Waals surface area contributed by atoms with Gasteiger partial charge < -0.3 is 9.63 Å². The van der Waals surface area contributed by atoms with Crippen LogP contribution in [0.3, 0.4) is 0 Å². The summed E-state index contributed by atoms with van der Waals surface area (Å²) in [7, 11) is 0. The van der Waals surface area contributed by atoms with Crippen molar-refractivity contribution in [3.8, 4) is 0 Å². The van der Waals surface area contributed by atoms with Crippen LogP contribution >= 0.6 is 0 Å². The van der Waals surface area contributed by atoms with Crippen LogP contribution in [0.1, 0.15) is 31.5 Å². The van der Waals surface area contributed by atoms with Crippen molar-refractivity contribution in [2.75, 3.05) is 5.32 Å². The molecule has 0 radical (unpaired) electrons. The molecule has 0 unspecified atom stereocenters. The molecule has 1 aromatic heterocycles. The van der Waals surface area contributed by atoms with Crippen molar-refractivity contribution in [2.24, 2.45) is 11.8 Å². The number of carbonyl (C=O) groups is 2. The summed E-state index contributed by atoms with van der Waals surface area (Å²) in [6.45, 7) is 1.66. The summed E-state index contributed by atoms with van der Waals surface area (Å²) in [5, 5.41) is 15.0. The first-order valence-corrected chi connectivity index (χ1v) is 5.90. The number of hydrogen-bond donors (Lipinski definition) is 2. The van der Waals surface area contributed by atoms with Crippen LogP contribution in [0.2, 0.25) is 0 Å². The molecule has 0 atom stereocenters. The van der Waals surface area contributed by atoms with Crippen LogP contribution in [0.5, 0.6) is 0 Å². The molecule has 0 aromatic carbocycles. The second kappa shape index (κ2) is 5.16. The second-order valence-electron chi connectivity index (χ2n) is 4.52. The van der Waals surface area contributed by atoms with Gasteiger partial charge in [-0.3, -0.25) is 14.9 Å². The largest absolute Gasteiger partial charge is 0.481 e. The van der Waals surface area contributed by atoms with Gasteiger partial charge in [0.25, 0.3) is 0 Å². The Morgan fingerprint density at radius 3 is 2.39 bits per heavy atom. The fourth-order valence-electron chi connectivity index (χ4n) is 2.16. The van der Waals surface area contributed by atoms with Crippen molar-refractivity contribution in [3.05, 3.63) is 5.82 Å². The van der Waals surface area contributed by atoms with E-state index in [4.69, 9.17) is 9.63 Å². The summed E-state index contributed by atoms with van der Waals surface area (Å²) in [5.74, 6) is -0.990. The molecule has 0 spiro atoms. The van der Waals surface area contributed by atoms with Gasteiger partial charge >= 0.3 is 12.0 Å². The number of nitrogens with one attached hydrogen (secondary N) is 1. The van der Waals surface area contributed by atoms with E-state index in [0.29, 0.717) is 31.5 Å². The molecular weight excluding hydrogens is 238 g/mol. The Kier molecular flexibility index (Phi) is 3.59. The lowest BCUT2D eigenvalue weighted by Crippen LogP contribution is -2.29. The Morgan fingerprint density at radius 1 is 1.28 bits per heavy atom. The maximum absolute atomic E-state index is 11.9. The molecule has 1 heterocycles. The lowest BCUT2D eigenvalue weighted by molar-refractivity contribution is -0.143. The van der Waals surface area contributed by atoms with Crippen LogP contribution in [-0.2, 0) is 9.59 Å². The molecule has 0 saturated heterocycles.